The summed E-state index contributed by atoms with van der Waals surface area (Å²) in [4.78, 5) is 12.5. The van der Waals surface area contributed by atoms with Crippen LogP contribution in [0.3, 0.4) is 0 Å². The molecule has 1 amide bonds. The molecule has 0 fully saturated rings. The molecule has 0 aliphatic carbocycles. The van der Waals surface area contributed by atoms with Gasteiger partial charge in [0.15, 0.2) is 0 Å². The van der Waals surface area contributed by atoms with Crippen molar-refractivity contribution >= 4 is 6.09 Å². The Labute approximate surface area is 57.9 Å². The van der Waals surface area contributed by atoms with E-state index >= 15 is 0 Å². The summed E-state index contributed by atoms with van der Waals surface area (Å²) in [5, 5.41) is 2.68. The second kappa shape index (κ2) is 5.65. The van der Waals surface area contributed by atoms with Crippen LogP contribution in [-0.4, -0.2) is 12.7 Å². The number of allylic oxidation sites excluding steroid dienone is 1. The first-order chi connectivity index (χ1) is 4.81. The average Bonchev–Trinajstić information content (AvgIpc) is 1.89. The van der Waals surface area contributed by atoms with E-state index in [1.165, 1.54) is 0 Å². The van der Waals surface area contributed by atoms with Crippen LogP contribution in [-0.2, 0) is 4.74 Å². The molecule has 0 saturated carbocycles. The highest BCUT2D eigenvalue weighted by Crippen LogP contribution is 1.84. The number of amides is 1. The van der Waals surface area contributed by atoms with Crippen LogP contribution in [0.2, 0.25) is 0 Å². The molecule has 10 heavy (non-hydrogen) atoms. The van der Waals surface area contributed by atoms with Gasteiger partial charge in [0.25, 0.3) is 0 Å². The van der Waals surface area contributed by atoms with Gasteiger partial charge in [-0.05, 0) is 12.5 Å². The number of ether oxygens (including phenoxy) is 1. The van der Waals surface area contributed by atoms with Crippen LogP contribution < -0.4 is 0 Å². The first-order valence-electron chi connectivity index (χ1n) is 2.64. The van der Waals surface area contributed by atoms with Crippen LogP contribution in [0.1, 0.15) is 6.92 Å². The second-order valence-electron chi connectivity index (χ2n) is 1.34. The van der Waals surface area contributed by atoms with Gasteiger partial charge in [0.05, 0.1) is 0 Å². The fraction of sp³-hybridized carbons (Fsp3) is 0.400. The molecule has 0 heterocycles. The third-order valence-corrected chi connectivity index (χ3v) is 0.665. The van der Waals surface area contributed by atoms with Gasteiger partial charge in [-0.15, -0.1) is 0 Å². The van der Waals surface area contributed by atoms with Crippen molar-refractivity contribution in [2.75, 3.05) is 6.61 Å². The minimum atomic E-state index is -0.902. The van der Waals surface area contributed by atoms with Crippen molar-refractivity contribution < 1.29 is 9.53 Å². The summed E-state index contributed by atoms with van der Waals surface area (Å²) >= 11 is 0. The zero-order valence-corrected chi connectivity index (χ0v) is 5.52. The van der Waals surface area contributed by atoms with Crippen molar-refractivity contribution in [3.63, 3.8) is 0 Å². The first-order valence-corrected chi connectivity index (χ1v) is 2.64. The van der Waals surface area contributed by atoms with Gasteiger partial charge in [-0.1, -0.05) is 12.2 Å². The largest absolute Gasteiger partial charge is 0.457 e. The standard InChI is InChI=1S/C5H7N3O2/c1-2-3-4-10-5(9)7-8-6/h2-3H,4H2,1H3. The highest BCUT2D eigenvalue weighted by atomic mass is 16.5. The van der Waals surface area contributed by atoms with E-state index in [0.717, 1.165) is 0 Å². The maximum absolute atomic E-state index is 10.2. The molecule has 0 rings (SSSR count). The fourth-order valence-corrected chi connectivity index (χ4v) is 0.281. The van der Waals surface area contributed by atoms with Gasteiger partial charge in [0, 0.05) is 10.0 Å². The number of nitrogens with zero attached hydrogens (tertiary/aromatic N) is 3. The number of carbonyl (C=O) groups is 1. The van der Waals surface area contributed by atoms with Gasteiger partial charge in [-0.25, -0.2) is 4.79 Å². The Bertz CT molecular complexity index is 181. The van der Waals surface area contributed by atoms with Gasteiger partial charge >= 0.3 is 6.09 Å². The Kier molecular flexibility index (Phi) is 4.82. The molecule has 0 aliphatic heterocycles. The minimum absolute atomic E-state index is 0.147. The molecule has 54 valence electrons. The van der Waals surface area contributed by atoms with E-state index in [2.05, 4.69) is 14.8 Å². The maximum atomic E-state index is 10.2. The topological polar surface area (TPSA) is 75.1 Å². The third-order valence-electron chi connectivity index (χ3n) is 0.665. The molecular formula is C5H7N3O2. The van der Waals surface area contributed by atoms with Crippen molar-refractivity contribution in [3.8, 4) is 0 Å². The highest BCUT2D eigenvalue weighted by Gasteiger charge is 1.92. The Hall–Kier alpha value is -1.48. The van der Waals surface area contributed by atoms with Crippen molar-refractivity contribution in [1.82, 2.24) is 0 Å². The monoisotopic (exact) mass is 141 g/mol. The Morgan fingerprint density at radius 1 is 1.90 bits per heavy atom. The summed E-state index contributed by atoms with van der Waals surface area (Å²) in [6.45, 7) is 1.94. The summed E-state index contributed by atoms with van der Waals surface area (Å²) < 4.78 is 4.38. The first kappa shape index (κ1) is 8.52. The summed E-state index contributed by atoms with van der Waals surface area (Å²) in [6.07, 6.45) is 2.45. The van der Waals surface area contributed by atoms with E-state index in [9.17, 15) is 4.79 Å². The van der Waals surface area contributed by atoms with Crippen LogP contribution in [0.15, 0.2) is 17.3 Å². The molecular weight excluding hydrogens is 134 g/mol. The lowest BCUT2D eigenvalue weighted by molar-refractivity contribution is 0.169. The molecule has 0 saturated heterocycles. The summed E-state index contributed by atoms with van der Waals surface area (Å²) in [6, 6.07) is 0. The summed E-state index contributed by atoms with van der Waals surface area (Å²) in [5.74, 6) is 0. The Morgan fingerprint density at radius 2 is 2.60 bits per heavy atom. The van der Waals surface area contributed by atoms with E-state index in [4.69, 9.17) is 5.53 Å². The van der Waals surface area contributed by atoms with Crippen LogP contribution in [0, 0.1) is 0 Å². The summed E-state index contributed by atoms with van der Waals surface area (Å²) in [7, 11) is 0. The lowest BCUT2D eigenvalue weighted by Gasteiger charge is -1.91. The van der Waals surface area contributed by atoms with Crippen LogP contribution in [0.25, 0.3) is 10.4 Å². The number of rotatable bonds is 2. The number of hydrogen-bond donors (Lipinski definition) is 0. The van der Waals surface area contributed by atoms with Gasteiger partial charge in [-0.2, -0.15) is 0 Å². The smallest absolute Gasteiger partial charge is 0.397 e. The lowest BCUT2D eigenvalue weighted by Crippen LogP contribution is -1.96. The second-order valence-corrected chi connectivity index (χ2v) is 1.34. The number of azide groups is 1. The van der Waals surface area contributed by atoms with Crippen molar-refractivity contribution in [3.05, 3.63) is 22.6 Å². The molecule has 0 bridgehead atoms. The zero-order valence-electron chi connectivity index (χ0n) is 5.52. The van der Waals surface area contributed by atoms with Gasteiger partial charge in [0.1, 0.15) is 6.61 Å². The molecule has 0 aromatic heterocycles. The van der Waals surface area contributed by atoms with Crippen LogP contribution in [0.5, 0.6) is 0 Å². The maximum Gasteiger partial charge on any atom is 0.397 e. The lowest BCUT2D eigenvalue weighted by atomic mass is 10.6. The van der Waals surface area contributed by atoms with Gasteiger partial charge in [0.2, 0.25) is 0 Å². The highest BCUT2D eigenvalue weighted by molar-refractivity contribution is 5.67. The van der Waals surface area contributed by atoms with Crippen molar-refractivity contribution in [2.45, 2.75) is 6.92 Å². The number of hydrogen-bond acceptors (Lipinski definition) is 2. The molecule has 0 atom stereocenters. The predicted octanol–water partition coefficient (Wildman–Crippen LogP) is 2.01. The van der Waals surface area contributed by atoms with Gasteiger partial charge in [-0.3, -0.25) is 0 Å². The Balaban J connectivity index is 3.49. The zero-order chi connectivity index (χ0) is 7.82. The van der Waals surface area contributed by atoms with Crippen LogP contribution >= 0.6 is 0 Å². The quantitative estimate of drug-likeness (QED) is 0.255. The van der Waals surface area contributed by atoms with E-state index in [1.54, 1.807) is 19.1 Å². The molecule has 0 aromatic carbocycles. The minimum Gasteiger partial charge on any atom is -0.457 e. The predicted molar refractivity (Wildman–Crippen MR) is 35.3 cm³/mol. The summed E-state index contributed by atoms with van der Waals surface area (Å²) in [5.41, 5.74) is 7.73. The van der Waals surface area contributed by atoms with Crippen molar-refractivity contribution in [1.29, 1.82) is 0 Å². The molecule has 5 heteroatoms. The fourth-order valence-electron chi connectivity index (χ4n) is 0.281. The number of carbonyl (C=O) groups excluding carboxylic acids is 1. The Morgan fingerprint density at radius 3 is 3.10 bits per heavy atom. The average molecular weight is 141 g/mol. The molecule has 0 N–H and O–H groups in total. The molecule has 0 unspecified atom stereocenters. The van der Waals surface area contributed by atoms with E-state index in [-0.39, 0.29) is 6.61 Å². The molecule has 0 aromatic rings. The van der Waals surface area contributed by atoms with Crippen LogP contribution in [0.4, 0.5) is 4.79 Å². The van der Waals surface area contributed by atoms with E-state index in [0.29, 0.717) is 0 Å². The molecule has 0 spiro atoms. The molecule has 0 aliphatic rings. The molecule has 0 radical (unpaired) electrons. The van der Waals surface area contributed by atoms with E-state index < -0.39 is 6.09 Å². The molecule has 5 nitrogen and oxygen atoms in total. The SMILES string of the molecule is CC=CCOC(=O)N=[N+]=[N-]. The van der Waals surface area contributed by atoms with E-state index in [1.807, 2.05) is 0 Å². The van der Waals surface area contributed by atoms with Crippen molar-refractivity contribution in [2.24, 2.45) is 5.11 Å². The van der Waals surface area contributed by atoms with Gasteiger partial charge < -0.3 is 4.74 Å². The normalized spacial score (nSPS) is 8.90. The third kappa shape index (κ3) is 4.67.